The molecular formula is C17H23N3O2S. The molecule has 2 aromatic rings. The predicted molar refractivity (Wildman–Crippen MR) is 95.2 cm³/mol. The van der Waals surface area contributed by atoms with Gasteiger partial charge < -0.3 is 20.1 Å². The molecule has 0 amide bonds. The van der Waals surface area contributed by atoms with E-state index in [-0.39, 0.29) is 0 Å². The van der Waals surface area contributed by atoms with Crippen molar-refractivity contribution < 1.29 is 9.47 Å². The quantitative estimate of drug-likeness (QED) is 0.443. The molecule has 0 saturated carbocycles. The van der Waals surface area contributed by atoms with E-state index in [4.69, 9.17) is 9.47 Å². The first-order valence-electron chi connectivity index (χ1n) is 7.49. The fourth-order valence-electron chi connectivity index (χ4n) is 1.94. The second-order valence-corrected chi connectivity index (χ2v) is 5.88. The van der Waals surface area contributed by atoms with Crippen LogP contribution in [0.25, 0.3) is 0 Å². The van der Waals surface area contributed by atoms with Crippen molar-refractivity contribution in [1.29, 1.82) is 0 Å². The van der Waals surface area contributed by atoms with E-state index in [1.165, 1.54) is 10.4 Å². The molecule has 0 aliphatic carbocycles. The number of nitrogens with one attached hydrogen (secondary N) is 2. The topological polar surface area (TPSA) is 54.9 Å². The summed E-state index contributed by atoms with van der Waals surface area (Å²) >= 11 is 1.73. The molecule has 0 spiro atoms. The van der Waals surface area contributed by atoms with E-state index >= 15 is 0 Å². The third-order valence-corrected chi connectivity index (χ3v) is 4.05. The lowest BCUT2D eigenvalue weighted by Gasteiger charge is -2.12. The molecule has 0 saturated heterocycles. The average molecular weight is 333 g/mol. The molecular weight excluding hydrogens is 310 g/mol. The summed E-state index contributed by atoms with van der Waals surface area (Å²) in [5.41, 5.74) is 1.17. The Bertz CT molecular complexity index is 582. The molecule has 0 aliphatic heterocycles. The van der Waals surface area contributed by atoms with Crippen LogP contribution in [0.3, 0.4) is 0 Å². The van der Waals surface area contributed by atoms with Gasteiger partial charge in [-0.2, -0.15) is 0 Å². The third-order valence-electron chi connectivity index (χ3n) is 3.17. The van der Waals surface area contributed by atoms with Crippen LogP contribution in [0.5, 0.6) is 5.75 Å². The lowest BCUT2D eigenvalue weighted by molar-refractivity contribution is 0.146. The molecule has 1 aromatic carbocycles. The summed E-state index contributed by atoms with van der Waals surface area (Å²) in [5.74, 6) is 1.64. The maximum atomic E-state index is 5.55. The first-order valence-corrected chi connectivity index (χ1v) is 8.37. The number of thiophene rings is 1. The van der Waals surface area contributed by atoms with Gasteiger partial charge in [-0.05, 0) is 29.1 Å². The van der Waals surface area contributed by atoms with Crippen molar-refractivity contribution in [2.75, 3.05) is 27.4 Å². The number of aliphatic imine (C=N–C) groups is 1. The summed E-state index contributed by atoms with van der Waals surface area (Å²) in [6, 6.07) is 12.2. The highest BCUT2D eigenvalue weighted by atomic mass is 32.1. The average Bonchev–Trinajstić information content (AvgIpc) is 3.10. The van der Waals surface area contributed by atoms with Crippen LogP contribution in [-0.2, 0) is 17.8 Å². The second-order valence-electron chi connectivity index (χ2n) is 4.84. The molecule has 1 aromatic heterocycles. The molecule has 124 valence electrons. The second kappa shape index (κ2) is 9.86. The lowest BCUT2D eigenvalue weighted by Crippen LogP contribution is -2.36. The van der Waals surface area contributed by atoms with Crippen LogP contribution in [0.2, 0.25) is 0 Å². The summed E-state index contributed by atoms with van der Waals surface area (Å²) in [5, 5.41) is 8.67. The van der Waals surface area contributed by atoms with Crippen LogP contribution in [0, 0.1) is 0 Å². The standard InChI is InChI=1S/C17H23N3O2S/c1-18-17(20-13-16-4-3-11-23-16)19-12-14-5-7-15(8-6-14)22-10-9-21-2/h3-8,11H,9-10,12-13H2,1-2H3,(H2,18,19,20). The minimum atomic E-state index is 0.563. The number of hydrogen-bond donors (Lipinski definition) is 2. The lowest BCUT2D eigenvalue weighted by atomic mass is 10.2. The van der Waals surface area contributed by atoms with Crippen LogP contribution < -0.4 is 15.4 Å². The fourth-order valence-corrected chi connectivity index (χ4v) is 2.58. The maximum Gasteiger partial charge on any atom is 0.191 e. The van der Waals surface area contributed by atoms with E-state index in [0.717, 1.165) is 18.3 Å². The normalized spacial score (nSPS) is 11.3. The molecule has 2 N–H and O–H groups in total. The van der Waals surface area contributed by atoms with Gasteiger partial charge in [0.25, 0.3) is 0 Å². The Labute approximate surface area is 141 Å². The van der Waals surface area contributed by atoms with Gasteiger partial charge in [0.05, 0.1) is 13.2 Å². The fraction of sp³-hybridized carbons (Fsp3) is 0.353. The van der Waals surface area contributed by atoms with Gasteiger partial charge in [-0.1, -0.05) is 18.2 Å². The number of hydrogen-bond acceptors (Lipinski definition) is 4. The first-order chi connectivity index (χ1) is 11.3. The molecule has 23 heavy (non-hydrogen) atoms. The van der Waals surface area contributed by atoms with Crippen molar-refractivity contribution in [1.82, 2.24) is 10.6 Å². The summed E-state index contributed by atoms with van der Waals surface area (Å²) in [7, 11) is 3.44. The Kier molecular flexibility index (Phi) is 7.42. The van der Waals surface area contributed by atoms with Crippen molar-refractivity contribution in [3.63, 3.8) is 0 Å². The number of benzene rings is 1. The SMILES string of the molecule is CN=C(NCc1ccc(OCCOC)cc1)NCc1cccs1. The van der Waals surface area contributed by atoms with E-state index in [1.807, 2.05) is 30.3 Å². The van der Waals surface area contributed by atoms with E-state index in [9.17, 15) is 0 Å². The smallest absolute Gasteiger partial charge is 0.191 e. The number of nitrogens with zero attached hydrogens (tertiary/aromatic N) is 1. The van der Waals surface area contributed by atoms with E-state index in [0.29, 0.717) is 19.8 Å². The summed E-state index contributed by atoms with van der Waals surface area (Å²) < 4.78 is 10.5. The van der Waals surface area contributed by atoms with Crippen molar-refractivity contribution in [2.24, 2.45) is 4.99 Å². The Balaban J connectivity index is 1.75. The van der Waals surface area contributed by atoms with E-state index in [1.54, 1.807) is 25.5 Å². The van der Waals surface area contributed by atoms with Crippen molar-refractivity contribution >= 4 is 17.3 Å². The molecule has 0 unspecified atom stereocenters. The molecule has 2 rings (SSSR count). The van der Waals surface area contributed by atoms with Gasteiger partial charge in [0.2, 0.25) is 0 Å². The van der Waals surface area contributed by atoms with E-state index in [2.05, 4.69) is 27.1 Å². The number of ether oxygens (including phenoxy) is 2. The van der Waals surface area contributed by atoms with Crippen LogP contribution >= 0.6 is 11.3 Å². The number of methoxy groups -OCH3 is 1. The Morgan fingerprint density at radius 3 is 2.52 bits per heavy atom. The number of rotatable bonds is 8. The zero-order chi connectivity index (χ0) is 16.3. The Morgan fingerprint density at radius 2 is 1.87 bits per heavy atom. The summed E-state index contributed by atoms with van der Waals surface area (Å²) in [6.07, 6.45) is 0. The summed E-state index contributed by atoms with van der Waals surface area (Å²) in [6.45, 7) is 2.65. The highest BCUT2D eigenvalue weighted by molar-refractivity contribution is 7.09. The minimum absolute atomic E-state index is 0.563. The molecule has 0 bridgehead atoms. The van der Waals surface area contributed by atoms with Crippen LogP contribution in [0.15, 0.2) is 46.8 Å². The van der Waals surface area contributed by atoms with Crippen molar-refractivity contribution in [2.45, 2.75) is 13.1 Å². The summed E-state index contributed by atoms with van der Waals surface area (Å²) in [4.78, 5) is 5.51. The molecule has 6 heteroatoms. The highest BCUT2D eigenvalue weighted by Gasteiger charge is 2.00. The zero-order valence-corrected chi connectivity index (χ0v) is 14.4. The van der Waals surface area contributed by atoms with Gasteiger partial charge in [-0.15, -0.1) is 11.3 Å². The molecule has 0 atom stereocenters. The first kappa shape index (κ1) is 17.3. The zero-order valence-electron chi connectivity index (χ0n) is 13.5. The van der Waals surface area contributed by atoms with Gasteiger partial charge in [-0.3, -0.25) is 4.99 Å². The molecule has 0 radical (unpaired) electrons. The van der Waals surface area contributed by atoms with Gasteiger partial charge >= 0.3 is 0 Å². The maximum absolute atomic E-state index is 5.55. The van der Waals surface area contributed by atoms with Gasteiger partial charge in [0.15, 0.2) is 5.96 Å². The largest absolute Gasteiger partial charge is 0.491 e. The van der Waals surface area contributed by atoms with Gasteiger partial charge in [0.1, 0.15) is 12.4 Å². The van der Waals surface area contributed by atoms with Crippen molar-refractivity contribution in [3.8, 4) is 5.75 Å². The Morgan fingerprint density at radius 1 is 1.09 bits per heavy atom. The minimum Gasteiger partial charge on any atom is -0.491 e. The van der Waals surface area contributed by atoms with Gasteiger partial charge in [-0.25, -0.2) is 0 Å². The molecule has 0 fully saturated rings. The monoisotopic (exact) mass is 333 g/mol. The van der Waals surface area contributed by atoms with Crippen LogP contribution in [0.4, 0.5) is 0 Å². The predicted octanol–water partition coefficient (Wildman–Crippen LogP) is 2.64. The molecule has 5 nitrogen and oxygen atoms in total. The molecule has 0 aliphatic rings. The third kappa shape index (κ3) is 6.30. The van der Waals surface area contributed by atoms with Crippen LogP contribution in [0.1, 0.15) is 10.4 Å². The molecule has 1 heterocycles. The highest BCUT2D eigenvalue weighted by Crippen LogP contribution is 2.12. The van der Waals surface area contributed by atoms with E-state index < -0.39 is 0 Å². The van der Waals surface area contributed by atoms with Gasteiger partial charge in [0, 0.05) is 25.6 Å². The number of guanidine groups is 1. The van der Waals surface area contributed by atoms with Crippen molar-refractivity contribution in [3.05, 3.63) is 52.2 Å². The van der Waals surface area contributed by atoms with Crippen LogP contribution in [-0.4, -0.2) is 33.3 Å². The Hall–Kier alpha value is -2.05.